The second kappa shape index (κ2) is 7.81. The molecule has 0 atom stereocenters. The Balaban J connectivity index is 1.66. The lowest BCUT2D eigenvalue weighted by molar-refractivity contribution is -0.137. The molecule has 0 saturated heterocycles. The van der Waals surface area contributed by atoms with Gasteiger partial charge >= 0.3 is 6.18 Å². The highest BCUT2D eigenvalue weighted by Crippen LogP contribution is 2.40. The molecule has 1 heterocycles. The van der Waals surface area contributed by atoms with E-state index >= 15 is 0 Å². The molecule has 0 aliphatic heterocycles. The molecule has 1 N–H and O–H groups in total. The average Bonchev–Trinajstić information content (AvgIpc) is 3.47. The van der Waals surface area contributed by atoms with Crippen molar-refractivity contribution >= 4 is 11.6 Å². The number of para-hydroxylation sites is 1. The van der Waals surface area contributed by atoms with Crippen LogP contribution in [0.4, 0.5) is 18.9 Å². The first-order valence-electron chi connectivity index (χ1n) is 9.54. The highest BCUT2D eigenvalue weighted by Gasteiger charge is 2.33. The summed E-state index contributed by atoms with van der Waals surface area (Å²) < 4.78 is 46.3. The number of anilines is 1. The number of hydrogen-bond donors (Lipinski definition) is 1. The normalized spacial score (nSPS) is 13.9. The van der Waals surface area contributed by atoms with Crippen LogP contribution in [0.3, 0.4) is 0 Å². The number of ether oxygens (including phenoxy) is 1. The van der Waals surface area contributed by atoms with Gasteiger partial charge in [0, 0.05) is 5.92 Å². The van der Waals surface area contributed by atoms with Gasteiger partial charge in [0.25, 0.3) is 5.91 Å². The van der Waals surface area contributed by atoms with E-state index in [0.717, 1.165) is 30.7 Å². The number of rotatable bonds is 6. The maximum atomic E-state index is 13.1. The van der Waals surface area contributed by atoms with Crippen LogP contribution in [-0.4, -0.2) is 27.3 Å². The van der Waals surface area contributed by atoms with Crippen molar-refractivity contribution in [3.63, 3.8) is 0 Å². The Morgan fingerprint density at radius 1 is 1.20 bits per heavy atom. The van der Waals surface area contributed by atoms with Crippen LogP contribution >= 0.6 is 0 Å². The lowest BCUT2D eigenvalue weighted by Crippen LogP contribution is -2.16. The van der Waals surface area contributed by atoms with E-state index < -0.39 is 17.6 Å². The summed E-state index contributed by atoms with van der Waals surface area (Å²) in [6.45, 7) is 1.94. The molecule has 0 radical (unpaired) electrons. The van der Waals surface area contributed by atoms with E-state index in [-0.39, 0.29) is 29.8 Å². The van der Waals surface area contributed by atoms with Crippen LogP contribution in [0.1, 0.15) is 47.7 Å². The summed E-state index contributed by atoms with van der Waals surface area (Å²) in [5, 5.41) is 6.79. The molecule has 1 saturated carbocycles. The molecule has 1 aliphatic rings. The highest BCUT2D eigenvalue weighted by molar-refractivity contribution is 6.02. The molecule has 0 spiro atoms. The van der Waals surface area contributed by atoms with Gasteiger partial charge in [0.15, 0.2) is 0 Å². The van der Waals surface area contributed by atoms with Crippen LogP contribution in [0.25, 0.3) is 5.69 Å². The quantitative estimate of drug-likeness (QED) is 0.626. The fourth-order valence-electron chi connectivity index (χ4n) is 3.05. The first kappa shape index (κ1) is 19.9. The largest absolute Gasteiger partial charge is 0.492 e. The van der Waals surface area contributed by atoms with Gasteiger partial charge in [-0.05, 0) is 50.1 Å². The molecule has 0 bridgehead atoms. The van der Waals surface area contributed by atoms with Gasteiger partial charge in [-0.3, -0.25) is 4.79 Å². The maximum Gasteiger partial charge on any atom is 0.416 e. The standard InChI is InChI=1S/C21H19F3N4O2/c1-2-30-17-11-10-14(21(22,23)24)12-16(17)25-20(29)18-26-19(13-8-9-13)28(27-18)15-6-4-3-5-7-15/h3-7,10-13H,2,8-9H2,1H3,(H,25,29). The van der Waals surface area contributed by atoms with Crippen LogP contribution in [0.2, 0.25) is 0 Å². The monoisotopic (exact) mass is 416 g/mol. The molecule has 6 nitrogen and oxygen atoms in total. The Labute approximate surface area is 170 Å². The van der Waals surface area contributed by atoms with Crippen molar-refractivity contribution in [2.75, 3.05) is 11.9 Å². The van der Waals surface area contributed by atoms with Gasteiger partial charge < -0.3 is 10.1 Å². The van der Waals surface area contributed by atoms with Gasteiger partial charge in [0.05, 0.1) is 23.5 Å². The zero-order valence-corrected chi connectivity index (χ0v) is 16.1. The molecular formula is C21H19F3N4O2. The second-order valence-corrected chi connectivity index (χ2v) is 6.91. The minimum Gasteiger partial charge on any atom is -0.492 e. The predicted octanol–water partition coefficient (Wildman–Crippen LogP) is 4.81. The summed E-state index contributed by atoms with van der Waals surface area (Å²) in [6, 6.07) is 12.2. The molecule has 1 aromatic heterocycles. The van der Waals surface area contributed by atoms with Gasteiger partial charge in [-0.15, -0.1) is 5.10 Å². The minimum atomic E-state index is -4.55. The molecule has 4 rings (SSSR count). The Morgan fingerprint density at radius 2 is 1.93 bits per heavy atom. The lowest BCUT2D eigenvalue weighted by atomic mass is 10.1. The molecule has 1 fully saturated rings. The summed E-state index contributed by atoms with van der Waals surface area (Å²) in [5.41, 5.74) is -0.205. The van der Waals surface area contributed by atoms with Crippen molar-refractivity contribution in [1.82, 2.24) is 14.8 Å². The summed E-state index contributed by atoms with van der Waals surface area (Å²) >= 11 is 0. The van der Waals surface area contributed by atoms with Crippen molar-refractivity contribution in [2.45, 2.75) is 31.9 Å². The Bertz CT molecular complexity index is 1060. The van der Waals surface area contributed by atoms with Crippen LogP contribution < -0.4 is 10.1 Å². The van der Waals surface area contributed by atoms with Crippen LogP contribution in [-0.2, 0) is 6.18 Å². The molecule has 2 aromatic carbocycles. The molecule has 1 amide bonds. The Hall–Kier alpha value is -3.36. The van der Waals surface area contributed by atoms with Gasteiger partial charge in [0.2, 0.25) is 5.82 Å². The van der Waals surface area contributed by atoms with Gasteiger partial charge in [-0.2, -0.15) is 13.2 Å². The van der Waals surface area contributed by atoms with E-state index in [9.17, 15) is 18.0 Å². The van der Waals surface area contributed by atoms with Crippen LogP contribution in [0.5, 0.6) is 5.75 Å². The molecule has 9 heteroatoms. The number of benzene rings is 2. The smallest absolute Gasteiger partial charge is 0.416 e. The van der Waals surface area contributed by atoms with Crippen molar-refractivity contribution in [2.24, 2.45) is 0 Å². The zero-order chi connectivity index (χ0) is 21.3. The number of amides is 1. The van der Waals surface area contributed by atoms with E-state index in [4.69, 9.17) is 4.74 Å². The third-order valence-electron chi connectivity index (χ3n) is 4.63. The maximum absolute atomic E-state index is 13.1. The molecule has 1 aliphatic carbocycles. The Morgan fingerprint density at radius 3 is 2.57 bits per heavy atom. The van der Waals surface area contributed by atoms with Crippen LogP contribution in [0, 0.1) is 0 Å². The number of nitrogens with zero attached hydrogens (tertiary/aromatic N) is 3. The molecular weight excluding hydrogens is 397 g/mol. The molecule has 156 valence electrons. The van der Waals surface area contributed by atoms with E-state index in [1.807, 2.05) is 30.3 Å². The first-order valence-corrected chi connectivity index (χ1v) is 9.54. The summed E-state index contributed by atoms with van der Waals surface area (Å²) in [7, 11) is 0. The minimum absolute atomic E-state index is 0.0827. The molecule has 30 heavy (non-hydrogen) atoms. The highest BCUT2D eigenvalue weighted by atomic mass is 19.4. The third kappa shape index (κ3) is 4.14. The van der Waals surface area contributed by atoms with Gasteiger partial charge in [-0.1, -0.05) is 18.2 Å². The van der Waals surface area contributed by atoms with Crippen LogP contribution in [0.15, 0.2) is 48.5 Å². The van der Waals surface area contributed by atoms with E-state index in [1.165, 1.54) is 6.07 Å². The first-order chi connectivity index (χ1) is 14.4. The molecule has 0 unspecified atom stereocenters. The van der Waals surface area contributed by atoms with Crippen molar-refractivity contribution < 1.29 is 22.7 Å². The SMILES string of the molecule is CCOc1ccc(C(F)(F)F)cc1NC(=O)c1nc(C2CC2)n(-c2ccccc2)n1. The molecule has 3 aromatic rings. The zero-order valence-electron chi connectivity index (χ0n) is 16.1. The number of halogens is 3. The average molecular weight is 416 g/mol. The summed E-state index contributed by atoms with van der Waals surface area (Å²) in [4.78, 5) is 17.2. The van der Waals surface area contributed by atoms with E-state index in [0.29, 0.717) is 5.82 Å². The third-order valence-corrected chi connectivity index (χ3v) is 4.63. The van der Waals surface area contributed by atoms with Crippen molar-refractivity contribution in [1.29, 1.82) is 0 Å². The summed E-state index contributed by atoms with van der Waals surface area (Å²) in [6.07, 6.45) is -2.64. The summed E-state index contributed by atoms with van der Waals surface area (Å²) in [5.74, 6) is 0.212. The number of carbonyl (C=O) groups is 1. The number of alkyl halides is 3. The fraction of sp³-hybridized carbons (Fsp3) is 0.286. The predicted molar refractivity (Wildman–Crippen MR) is 104 cm³/mol. The number of carbonyl (C=O) groups excluding carboxylic acids is 1. The second-order valence-electron chi connectivity index (χ2n) is 6.91. The van der Waals surface area contributed by atoms with Gasteiger partial charge in [0.1, 0.15) is 11.6 Å². The van der Waals surface area contributed by atoms with Crippen molar-refractivity contribution in [3.8, 4) is 11.4 Å². The number of hydrogen-bond acceptors (Lipinski definition) is 4. The number of aromatic nitrogens is 3. The Kier molecular flexibility index (Phi) is 5.19. The topological polar surface area (TPSA) is 69.0 Å². The van der Waals surface area contributed by atoms with E-state index in [1.54, 1.807) is 11.6 Å². The van der Waals surface area contributed by atoms with E-state index in [2.05, 4.69) is 15.4 Å². The van der Waals surface area contributed by atoms with Crippen molar-refractivity contribution in [3.05, 3.63) is 65.7 Å². The number of nitrogens with one attached hydrogen (secondary N) is 1. The van der Waals surface area contributed by atoms with Gasteiger partial charge in [-0.25, -0.2) is 9.67 Å². The lowest BCUT2D eigenvalue weighted by Gasteiger charge is -2.14. The fourth-order valence-corrected chi connectivity index (χ4v) is 3.05.